The van der Waals surface area contributed by atoms with E-state index in [9.17, 15) is 0 Å². The molecule has 0 aliphatic carbocycles. The highest BCUT2D eigenvalue weighted by Crippen LogP contribution is 2.18. The number of pyridine rings is 1. The van der Waals surface area contributed by atoms with Crippen LogP contribution in [0, 0.1) is 11.3 Å². The molecular formula is C18H19N9. The molecule has 1 fully saturated rings. The van der Waals surface area contributed by atoms with E-state index in [4.69, 9.17) is 5.26 Å². The van der Waals surface area contributed by atoms with Crippen molar-refractivity contribution in [1.29, 1.82) is 5.26 Å². The summed E-state index contributed by atoms with van der Waals surface area (Å²) in [5.74, 6) is 2.16. The van der Waals surface area contributed by atoms with Crippen LogP contribution < -0.4 is 10.2 Å². The van der Waals surface area contributed by atoms with Crippen molar-refractivity contribution in [2.75, 3.05) is 43.4 Å². The average Bonchev–Trinajstić information content (AvgIpc) is 3.18. The summed E-state index contributed by atoms with van der Waals surface area (Å²) in [7, 11) is 2.14. The Labute approximate surface area is 156 Å². The molecule has 0 amide bonds. The summed E-state index contributed by atoms with van der Waals surface area (Å²) in [6.07, 6.45) is 8.34. The lowest BCUT2D eigenvalue weighted by atomic mass is 10.3. The summed E-state index contributed by atoms with van der Waals surface area (Å²) in [5, 5.41) is 11.8. The van der Waals surface area contributed by atoms with Gasteiger partial charge in [-0.2, -0.15) is 5.26 Å². The third kappa shape index (κ3) is 3.86. The Morgan fingerprint density at radius 2 is 1.81 bits per heavy atom. The maximum absolute atomic E-state index is 8.76. The normalized spacial score (nSPS) is 14.7. The topological polar surface area (TPSA) is 98.8 Å². The van der Waals surface area contributed by atoms with Crippen molar-refractivity contribution in [1.82, 2.24) is 29.4 Å². The number of hydrogen-bond acceptors (Lipinski definition) is 8. The number of aromatic nitrogens is 5. The third-order valence-electron chi connectivity index (χ3n) is 4.46. The first-order valence-electron chi connectivity index (χ1n) is 8.64. The minimum atomic E-state index is 0.276. The van der Waals surface area contributed by atoms with Crippen LogP contribution in [0.3, 0.4) is 0 Å². The van der Waals surface area contributed by atoms with E-state index in [0.717, 1.165) is 37.7 Å². The van der Waals surface area contributed by atoms with Crippen LogP contribution in [0.15, 0.2) is 43.2 Å². The van der Waals surface area contributed by atoms with Crippen molar-refractivity contribution in [3.05, 3.63) is 48.9 Å². The quantitative estimate of drug-likeness (QED) is 0.745. The van der Waals surface area contributed by atoms with Crippen molar-refractivity contribution < 1.29 is 0 Å². The molecule has 0 atom stereocenters. The highest BCUT2D eigenvalue weighted by Gasteiger charge is 2.15. The number of piperazine rings is 1. The first-order valence-corrected chi connectivity index (χ1v) is 8.64. The molecule has 3 aromatic heterocycles. The molecule has 4 rings (SSSR count). The molecule has 136 valence electrons. The molecule has 3 aromatic rings. The molecule has 0 saturated carbocycles. The van der Waals surface area contributed by atoms with Gasteiger partial charge in [0.2, 0.25) is 0 Å². The summed E-state index contributed by atoms with van der Waals surface area (Å²) in [6.45, 7) is 4.09. The van der Waals surface area contributed by atoms with Gasteiger partial charge in [0.05, 0.1) is 30.5 Å². The molecule has 27 heavy (non-hydrogen) atoms. The molecular weight excluding hydrogens is 342 g/mol. The van der Waals surface area contributed by atoms with E-state index >= 15 is 0 Å². The van der Waals surface area contributed by atoms with Gasteiger partial charge in [-0.25, -0.2) is 19.9 Å². The third-order valence-corrected chi connectivity index (χ3v) is 4.46. The lowest BCUT2D eigenvalue weighted by Gasteiger charge is -2.33. The number of imidazole rings is 1. The number of hydrogen-bond donors (Lipinski definition) is 1. The Kier molecular flexibility index (Phi) is 4.63. The van der Waals surface area contributed by atoms with Crippen molar-refractivity contribution >= 4 is 17.5 Å². The van der Waals surface area contributed by atoms with Crippen LogP contribution in [0.2, 0.25) is 0 Å². The number of rotatable bonds is 4. The van der Waals surface area contributed by atoms with Crippen LogP contribution in [0.1, 0.15) is 5.69 Å². The Morgan fingerprint density at radius 3 is 2.48 bits per heavy atom. The van der Waals surface area contributed by atoms with Crippen LogP contribution in [0.25, 0.3) is 5.69 Å². The number of nitriles is 1. The summed E-state index contributed by atoms with van der Waals surface area (Å²) in [5.41, 5.74) is 1.21. The minimum absolute atomic E-state index is 0.276. The second-order valence-electron chi connectivity index (χ2n) is 6.35. The summed E-state index contributed by atoms with van der Waals surface area (Å²) in [4.78, 5) is 21.7. The Hall–Kier alpha value is -3.51. The van der Waals surface area contributed by atoms with E-state index in [1.165, 1.54) is 12.4 Å². The van der Waals surface area contributed by atoms with E-state index < -0.39 is 0 Å². The molecule has 1 saturated heterocycles. The molecule has 0 unspecified atom stereocenters. The van der Waals surface area contributed by atoms with Gasteiger partial charge in [0.1, 0.15) is 29.9 Å². The zero-order chi connectivity index (χ0) is 18.6. The first kappa shape index (κ1) is 16.9. The number of anilines is 3. The Morgan fingerprint density at radius 1 is 0.963 bits per heavy atom. The fraction of sp³-hybridized carbons (Fsp3) is 0.278. The summed E-state index contributed by atoms with van der Waals surface area (Å²) >= 11 is 0. The van der Waals surface area contributed by atoms with E-state index in [-0.39, 0.29) is 5.69 Å². The predicted octanol–water partition coefficient (Wildman–Crippen LogP) is 1.42. The molecule has 4 heterocycles. The molecule has 1 aliphatic rings. The van der Waals surface area contributed by atoms with Crippen LogP contribution in [-0.2, 0) is 0 Å². The van der Waals surface area contributed by atoms with Crippen LogP contribution in [0.5, 0.6) is 0 Å². The summed E-state index contributed by atoms with van der Waals surface area (Å²) in [6, 6.07) is 6.02. The molecule has 0 spiro atoms. The zero-order valence-corrected chi connectivity index (χ0v) is 14.9. The molecule has 0 radical (unpaired) electrons. The molecule has 9 nitrogen and oxygen atoms in total. The van der Waals surface area contributed by atoms with Gasteiger partial charge in [-0.1, -0.05) is 0 Å². The van der Waals surface area contributed by atoms with Gasteiger partial charge < -0.3 is 19.7 Å². The van der Waals surface area contributed by atoms with E-state index in [1.807, 2.05) is 35.2 Å². The fourth-order valence-corrected chi connectivity index (χ4v) is 2.86. The van der Waals surface area contributed by atoms with E-state index in [2.05, 4.69) is 42.1 Å². The van der Waals surface area contributed by atoms with Crippen LogP contribution in [-0.4, -0.2) is 62.6 Å². The largest absolute Gasteiger partial charge is 0.354 e. The summed E-state index contributed by atoms with van der Waals surface area (Å²) < 4.78 is 1.89. The van der Waals surface area contributed by atoms with Gasteiger partial charge >= 0.3 is 0 Å². The molecule has 9 heteroatoms. The van der Waals surface area contributed by atoms with Crippen molar-refractivity contribution in [2.24, 2.45) is 0 Å². The van der Waals surface area contributed by atoms with Gasteiger partial charge in [-0.15, -0.1) is 0 Å². The van der Waals surface area contributed by atoms with Crippen LogP contribution in [0.4, 0.5) is 17.5 Å². The Bertz CT molecular complexity index is 932. The highest BCUT2D eigenvalue weighted by atomic mass is 15.3. The van der Waals surface area contributed by atoms with Crippen molar-refractivity contribution in [3.8, 4) is 11.8 Å². The van der Waals surface area contributed by atoms with Gasteiger partial charge in [0.15, 0.2) is 5.69 Å². The minimum Gasteiger partial charge on any atom is -0.354 e. The van der Waals surface area contributed by atoms with Gasteiger partial charge in [-0.3, -0.25) is 0 Å². The average molecular weight is 361 g/mol. The predicted molar refractivity (Wildman–Crippen MR) is 101 cm³/mol. The molecule has 0 aromatic carbocycles. The number of nitrogens with zero attached hydrogens (tertiary/aromatic N) is 8. The van der Waals surface area contributed by atoms with Crippen LogP contribution >= 0.6 is 0 Å². The first-order chi connectivity index (χ1) is 13.2. The number of likely N-dealkylation sites (N-methyl/N-ethyl adjacent to an activating group) is 1. The lowest BCUT2D eigenvalue weighted by molar-refractivity contribution is 0.312. The lowest BCUT2D eigenvalue weighted by Crippen LogP contribution is -2.44. The number of nitrogens with one attached hydrogen (secondary N) is 1. The highest BCUT2D eigenvalue weighted by molar-refractivity contribution is 5.51. The fourth-order valence-electron chi connectivity index (χ4n) is 2.86. The molecule has 1 aliphatic heterocycles. The van der Waals surface area contributed by atoms with E-state index in [1.54, 1.807) is 6.33 Å². The van der Waals surface area contributed by atoms with Gasteiger partial charge in [0, 0.05) is 26.2 Å². The van der Waals surface area contributed by atoms with Crippen molar-refractivity contribution in [2.45, 2.75) is 0 Å². The van der Waals surface area contributed by atoms with Gasteiger partial charge in [0.25, 0.3) is 0 Å². The standard InChI is InChI=1S/C18H19N9/c1-25-4-6-26(7-5-25)18-3-2-15(10-22-18)27-12-17(23-13-27)24-16-11-20-14(8-19)9-21-16/h2-3,9-13H,4-7H2,1H3,(H,21,24). The Balaban J connectivity index is 1.44. The molecule has 0 bridgehead atoms. The maximum Gasteiger partial charge on any atom is 0.158 e. The monoisotopic (exact) mass is 361 g/mol. The second kappa shape index (κ2) is 7.39. The smallest absolute Gasteiger partial charge is 0.158 e. The SMILES string of the molecule is CN1CCN(c2ccc(-n3cnc(Nc4cnc(C#N)cn4)c3)cn2)CC1. The second-order valence-corrected chi connectivity index (χ2v) is 6.35. The van der Waals surface area contributed by atoms with Crippen molar-refractivity contribution in [3.63, 3.8) is 0 Å². The maximum atomic E-state index is 8.76. The van der Waals surface area contributed by atoms with E-state index in [0.29, 0.717) is 11.6 Å². The zero-order valence-electron chi connectivity index (χ0n) is 14.9. The molecule has 1 N–H and O–H groups in total. The van der Waals surface area contributed by atoms with Gasteiger partial charge in [-0.05, 0) is 19.2 Å².